The molecule has 0 aromatic heterocycles. The molecule has 1 N–H and O–H groups in total. The summed E-state index contributed by atoms with van der Waals surface area (Å²) in [6.07, 6.45) is 5.05. The summed E-state index contributed by atoms with van der Waals surface area (Å²) in [7, 11) is 1.67. The van der Waals surface area contributed by atoms with E-state index < -0.39 is 11.9 Å². The quantitative estimate of drug-likeness (QED) is 0.921. The van der Waals surface area contributed by atoms with Crippen molar-refractivity contribution in [1.29, 1.82) is 0 Å². The number of amides is 1. The highest BCUT2D eigenvalue weighted by molar-refractivity contribution is 5.79. The molecule has 1 aliphatic heterocycles. The zero-order chi connectivity index (χ0) is 17.1. The number of aliphatic carboxylic acids is 1. The number of carbonyl (C=O) groups is 2. The molecule has 0 unspecified atom stereocenters. The fraction of sp³-hybridized carbons (Fsp3) is 0.579. The lowest BCUT2D eigenvalue weighted by Gasteiger charge is -2.33. The summed E-state index contributed by atoms with van der Waals surface area (Å²) in [6, 6.07) is 6.12. The third-order valence-electron chi connectivity index (χ3n) is 5.33. The fourth-order valence-corrected chi connectivity index (χ4v) is 3.98. The Hall–Kier alpha value is -2.04. The van der Waals surface area contributed by atoms with Crippen LogP contribution in [0.4, 0.5) is 0 Å². The number of likely N-dealkylation sites (tertiary alicyclic amines) is 1. The molecule has 1 aromatic rings. The zero-order valence-electron chi connectivity index (χ0n) is 14.2. The first-order valence-electron chi connectivity index (χ1n) is 8.76. The number of hydrogen-bond donors (Lipinski definition) is 1. The van der Waals surface area contributed by atoms with Crippen LogP contribution < -0.4 is 4.74 Å². The van der Waals surface area contributed by atoms with Crippen molar-refractivity contribution in [2.45, 2.75) is 44.4 Å². The van der Waals surface area contributed by atoms with Crippen molar-refractivity contribution in [1.82, 2.24) is 4.90 Å². The molecule has 2 aliphatic rings. The van der Waals surface area contributed by atoms with E-state index in [1.54, 1.807) is 12.0 Å². The number of ether oxygens (including phenoxy) is 1. The molecule has 24 heavy (non-hydrogen) atoms. The van der Waals surface area contributed by atoms with E-state index in [2.05, 4.69) is 12.1 Å². The minimum Gasteiger partial charge on any atom is -0.497 e. The maximum Gasteiger partial charge on any atom is 0.308 e. The van der Waals surface area contributed by atoms with Crippen LogP contribution in [0.1, 0.15) is 49.1 Å². The Balaban J connectivity index is 1.68. The van der Waals surface area contributed by atoms with Crippen LogP contribution in [0.15, 0.2) is 18.2 Å². The fourth-order valence-electron chi connectivity index (χ4n) is 3.98. The SMILES string of the molecule is COc1ccc2c(c1)CCC[C@@H]2CC(=O)N1CCC[C@@H](C(=O)O)C1. The van der Waals surface area contributed by atoms with Gasteiger partial charge in [0, 0.05) is 19.5 Å². The van der Waals surface area contributed by atoms with Gasteiger partial charge < -0.3 is 14.7 Å². The van der Waals surface area contributed by atoms with Crippen molar-refractivity contribution in [3.8, 4) is 5.75 Å². The van der Waals surface area contributed by atoms with Gasteiger partial charge in [-0.05, 0) is 61.3 Å². The van der Waals surface area contributed by atoms with Gasteiger partial charge in [0.05, 0.1) is 13.0 Å². The van der Waals surface area contributed by atoms with Crippen LogP contribution in [-0.4, -0.2) is 42.1 Å². The number of carbonyl (C=O) groups excluding carboxylic acids is 1. The van der Waals surface area contributed by atoms with E-state index in [-0.39, 0.29) is 11.8 Å². The summed E-state index contributed by atoms with van der Waals surface area (Å²) in [5.41, 5.74) is 2.53. The number of methoxy groups -OCH3 is 1. The molecular formula is C19H25NO4. The second-order valence-electron chi connectivity index (χ2n) is 6.88. The Kier molecular flexibility index (Phi) is 5.07. The number of fused-ring (bicyclic) bond motifs is 1. The number of carboxylic acids is 1. The Morgan fingerprint density at radius 2 is 2.12 bits per heavy atom. The number of rotatable bonds is 4. The first-order chi connectivity index (χ1) is 11.6. The lowest BCUT2D eigenvalue weighted by molar-refractivity contribution is -0.145. The molecule has 130 valence electrons. The summed E-state index contributed by atoms with van der Waals surface area (Å²) in [4.78, 5) is 25.6. The topological polar surface area (TPSA) is 66.8 Å². The van der Waals surface area contributed by atoms with Crippen LogP contribution in [0.3, 0.4) is 0 Å². The van der Waals surface area contributed by atoms with Crippen LogP contribution in [0.5, 0.6) is 5.75 Å². The van der Waals surface area contributed by atoms with Gasteiger partial charge in [-0.3, -0.25) is 9.59 Å². The van der Waals surface area contributed by atoms with Gasteiger partial charge in [-0.1, -0.05) is 6.07 Å². The van der Waals surface area contributed by atoms with Gasteiger partial charge in [-0.2, -0.15) is 0 Å². The van der Waals surface area contributed by atoms with Gasteiger partial charge in [0.2, 0.25) is 5.91 Å². The third-order valence-corrected chi connectivity index (χ3v) is 5.33. The molecule has 5 nitrogen and oxygen atoms in total. The van der Waals surface area contributed by atoms with Gasteiger partial charge in [0.1, 0.15) is 5.75 Å². The van der Waals surface area contributed by atoms with Crippen molar-refractivity contribution >= 4 is 11.9 Å². The zero-order valence-corrected chi connectivity index (χ0v) is 14.2. The number of aryl methyl sites for hydroxylation is 1. The average Bonchev–Trinajstić information content (AvgIpc) is 2.61. The first-order valence-corrected chi connectivity index (χ1v) is 8.76. The average molecular weight is 331 g/mol. The van der Waals surface area contributed by atoms with Gasteiger partial charge in [0.25, 0.3) is 0 Å². The first kappa shape index (κ1) is 16.8. The summed E-state index contributed by atoms with van der Waals surface area (Å²) >= 11 is 0. The summed E-state index contributed by atoms with van der Waals surface area (Å²) in [6.45, 7) is 1.04. The van der Waals surface area contributed by atoms with Crippen LogP contribution >= 0.6 is 0 Å². The minimum absolute atomic E-state index is 0.0922. The number of piperidine rings is 1. The predicted octanol–water partition coefficient (Wildman–Crippen LogP) is 2.83. The maximum absolute atomic E-state index is 12.7. The number of hydrogen-bond acceptors (Lipinski definition) is 3. The van der Waals surface area contributed by atoms with Crippen molar-refractivity contribution in [2.75, 3.05) is 20.2 Å². The molecule has 1 saturated heterocycles. The molecule has 2 atom stereocenters. The Labute approximate surface area is 142 Å². The van der Waals surface area contributed by atoms with Crippen LogP contribution in [0, 0.1) is 5.92 Å². The van der Waals surface area contributed by atoms with Crippen LogP contribution in [0.2, 0.25) is 0 Å². The third kappa shape index (κ3) is 3.55. The van der Waals surface area contributed by atoms with Crippen molar-refractivity contribution in [3.63, 3.8) is 0 Å². The highest BCUT2D eigenvalue weighted by Gasteiger charge is 2.30. The highest BCUT2D eigenvalue weighted by atomic mass is 16.5. The summed E-state index contributed by atoms with van der Waals surface area (Å²) < 4.78 is 5.30. The molecule has 3 rings (SSSR count). The highest BCUT2D eigenvalue weighted by Crippen LogP contribution is 2.36. The largest absolute Gasteiger partial charge is 0.497 e. The Bertz CT molecular complexity index is 628. The molecule has 1 aromatic carbocycles. The van der Waals surface area contributed by atoms with E-state index >= 15 is 0 Å². The second kappa shape index (κ2) is 7.24. The monoisotopic (exact) mass is 331 g/mol. The van der Waals surface area contributed by atoms with E-state index in [1.807, 2.05) is 6.07 Å². The van der Waals surface area contributed by atoms with Gasteiger partial charge >= 0.3 is 5.97 Å². The molecule has 0 saturated carbocycles. The molecule has 0 radical (unpaired) electrons. The van der Waals surface area contributed by atoms with E-state index in [9.17, 15) is 14.7 Å². The summed E-state index contributed by atoms with van der Waals surface area (Å²) in [5.74, 6) is -0.0127. The van der Waals surface area contributed by atoms with E-state index in [0.717, 1.165) is 31.4 Å². The number of benzene rings is 1. The smallest absolute Gasteiger partial charge is 0.308 e. The van der Waals surface area contributed by atoms with E-state index in [0.29, 0.717) is 25.9 Å². The standard InChI is InChI=1S/C19H25NO4/c1-24-16-7-8-17-13(10-16)4-2-5-14(17)11-18(21)20-9-3-6-15(12-20)19(22)23/h7-8,10,14-15H,2-6,9,11-12H2,1H3,(H,22,23)/t14-,15-/m1/s1. The van der Waals surface area contributed by atoms with Gasteiger partial charge in [-0.15, -0.1) is 0 Å². The normalized spacial score (nSPS) is 23.5. The molecule has 1 heterocycles. The molecular weight excluding hydrogens is 306 g/mol. The molecule has 1 aliphatic carbocycles. The van der Waals surface area contributed by atoms with Crippen molar-refractivity contribution in [3.05, 3.63) is 29.3 Å². The van der Waals surface area contributed by atoms with Gasteiger partial charge in [-0.25, -0.2) is 0 Å². The molecule has 1 amide bonds. The minimum atomic E-state index is -0.789. The second-order valence-corrected chi connectivity index (χ2v) is 6.88. The lowest BCUT2D eigenvalue weighted by atomic mass is 9.80. The Morgan fingerprint density at radius 3 is 2.88 bits per heavy atom. The molecule has 0 bridgehead atoms. The Morgan fingerprint density at radius 1 is 1.29 bits per heavy atom. The van der Waals surface area contributed by atoms with Crippen LogP contribution in [-0.2, 0) is 16.0 Å². The number of carboxylic acid groups (broad SMARTS) is 1. The van der Waals surface area contributed by atoms with Crippen molar-refractivity contribution in [2.24, 2.45) is 5.92 Å². The maximum atomic E-state index is 12.7. The number of nitrogens with zero attached hydrogens (tertiary/aromatic N) is 1. The summed E-state index contributed by atoms with van der Waals surface area (Å²) in [5, 5.41) is 9.19. The molecule has 0 spiro atoms. The lowest BCUT2D eigenvalue weighted by Crippen LogP contribution is -2.42. The van der Waals surface area contributed by atoms with Gasteiger partial charge in [0.15, 0.2) is 0 Å². The molecule has 1 fully saturated rings. The van der Waals surface area contributed by atoms with Crippen LogP contribution in [0.25, 0.3) is 0 Å². The predicted molar refractivity (Wildman–Crippen MR) is 90.2 cm³/mol. The molecule has 5 heteroatoms. The van der Waals surface area contributed by atoms with E-state index in [4.69, 9.17) is 4.74 Å². The van der Waals surface area contributed by atoms with Crippen molar-refractivity contribution < 1.29 is 19.4 Å². The van der Waals surface area contributed by atoms with E-state index in [1.165, 1.54) is 11.1 Å².